The molecule has 1 aromatic rings. The predicted molar refractivity (Wildman–Crippen MR) is 70.6 cm³/mol. The molecule has 0 aliphatic rings. The number of nitrogens with zero attached hydrogens (tertiary/aromatic N) is 1. The first-order valence-electron chi connectivity index (χ1n) is 4.93. The first kappa shape index (κ1) is 12.1. The zero-order valence-corrected chi connectivity index (χ0v) is 10.3. The van der Waals surface area contributed by atoms with Crippen molar-refractivity contribution in [1.29, 1.82) is 0 Å². The molecule has 0 bridgehead atoms. The van der Waals surface area contributed by atoms with Crippen molar-refractivity contribution in [2.24, 2.45) is 5.10 Å². The number of hydrogen-bond donors (Lipinski definition) is 2. The molecule has 0 aliphatic carbocycles. The summed E-state index contributed by atoms with van der Waals surface area (Å²) >= 11 is 6.67. The molecule has 0 radical (unpaired) electrons. The summed E-state index contributed by atoms with van der Waals surface area (Å²) in [7, 11) is 0. The SMILES string of the molecule is CCCCNC(=S)NN=Cc1cccs1. The van der Waals surface area contributed by atoms with Crippen LogP contribution in [0.5, 0.6) is 0 Å². The average molecular weight is 241 g/mol. The van der Waals surface area contributed by atoms with Crippen molar-refractivity contribution >= 4 is 34.9 Å². The summed E-state index contributed by atoms with van der Waals surface area (Å²) in [5, 5.41) is 9.69. The maximum absolute atomic E-state index is 5.03. The van der Waals surface area contributed by atoms with Crippen LogP contribution in [0.25, 0.3) is 0 Å². The van der Waals surface area contributed by atoms with Crippen molar-refractivity contribution in [1.82, 2.24) is 10.7 Å². The van der Waals surface area contributed by atoms with Gasteiger partial charge in [0.05, 0.1) is 6.21 Å². The second-order valence-corrected chi connectivity index (χ2v) is 4.38. The fourth-order valence-electron chi connectivity index (χ4n) is 0.937. The summed E-state index contributed by atoms with van der Waals surface area (Å²) in [6.07, 6.45) is 4.04. The highest BCUT2D eigenvalue weighted by Gasteiger charge is 1.91. The van der Waals surface area contributed by atoms with Crippen molar-refractivity contribution in [3.8, 4) is 0 Å². The van der Waals surface area contributed by atoms with Crippen LogP contribution in [0.15, 0.2) is 22.6 Å². The third-order valence-corrected chi connectivity index (χ3v) is 2.76. The van der Waals surface area contributed by atoms with Gasteiger partial charge in [0, 0.05) is 11.4 Å². The van der Waals surface area contributed by atoms with Gasteiger partial charge in [-0.25, -0.2) is 0 Å². The van der Waals surface area contributed by atoms with Gasteiger partial charge < -0.3 is 5.32 Å². The molecule has 0 aliphatic heterocycles. The number of nitrogens with one attached hydrogen (secondary N) is 2. The van der Waals surface area contributed by atoms with Gasteiger partial charge in [-0.05, 0) is 30.1 Å². The van der Waals surface area contributed by atoms with Crippen molar-refractivity contribution in [3.05, 3.63) is 22.4 Å². The molecule has 0 unspecified atom stereocenters. The van der Waals surface area contributed by atoms with E-state index < -0.39 is 0 Å². The van der Waals surface area contributed by atoms with Gasteiger partial charge in [0.25, 0.3) is 0 Å². The molecule has 5 heteroatoms. The minimum absolute atomic E-state index is 0.580. The van der Waals surface area contributed by atoms with Gasteiger partial charge in [0.1, 0.15) is 0 Å². The third kappa shape index (κ3) is 5.49. The molecular formula is C10H15N3S2. The Morgan fingerprint density at radius 3 is 3.20 bits per heavy atom. The van der Waals surface area contributed by atoms with E-state index in [9.17, 15) is 0 Å². The summed E-state index contributed by atoms with van der Waals surface area (Å²) in [5.74, 6) is 0. The van der Waals surface area contributed by atoms with Crippen LogP contribution in [0.3, 0.4) is 0 Å². The summed E-state index contributed by atoms with van der Waals surface area (Å²) in [4.78, 5) is 1.11. The van der Waals surface area contributed by atoms with E-state index in [4.69, 9.17) is 12.2 Å². The largest absolute Gasteiger partial charge is 0.361 e. The normalized spacial score (nSPS) is 10.5. The van der Waals surface area contributed by atoms with E-state index in [-0.39, 0.29) is 0 Å². The number of thiocarbonyl (C=S) groups is 1. The molecule has 0 fully saturated rings. The van der Waals surface area contributed by atoms with Crippen molar-refractivity contribution < 1.29 is 0 Å². The molecule has 0 amide bonds. The Morgan fingerprint density at radius 2 is 2.53 bits per heavy atom. The Balaban J connectivity index is 2.16. The first-order chi connectivity index (χ1) is 7.33. The Bertz CT molecular complexity index is 306. The molecule has 3 nitrogen and oxygen atoms in total. The molecule has 2 N–H and O–H groups in total. The number of hydrazone groups is 1. The van der Waals surface area contributed by atoms with Gasteiger partial charge >= 0.3 is 0 Å². The number of hydrogen-bond acceptors (Lipinski definition) is 3. The molecular weight excluding hydrogens is 226 g/mol. The lowest BCUT2D eigenvalue weighted by Gasteiger charge is -2.04. The fourth-order valence-corrected chi connectivity index (χ4v) is 1.68. The standard InChI is InChI=1S/C10H15N3S2/c1-2-3-6-11-10(14)13-12-8-9-5-4-7-15-9/h4-5,7-8H,2-3,6H2,1H3,(H2,11,13,14). The lowest BCUT2D eigenvalue weighted by Crippen LogP contribution is -2.32. The quantitative estimate of drug-likeness (QED) is 0.359. The Kier molecular flexibility index (Phi) is 5.96. The van der Waals surface area contributed by atoms with Crippen molar-refractivity contribution in [2.75, 3.05) is 6.54 Å². The summed E-state index contributed by atoms with van der Waals surface area (Å²) in [5.41, 5.74) is 2.78. The zero-order chi connectivity index (χ0) is 10.9. The van der Waals surface area contributed by atoms with E-state index in [1.807, 2.05) is 17.5 Å². The predicted octanol–water partition coefficient (Wildman–Crippen LogP) is 2.35. The van der Waals surface area contributed by atoms with Crippen molar-refractivity contribution in [2.45, 2.75) is 19.8 Å². The van der Waals surface area contributed by atoms with Gasteiger partial charge in [-0.15, -0.1) is 11.3 Å². The minimum Gasteiger partial charge on any atom is -0.361 e. The monoisotopic (exact) mass is 241 g/mol. The lowest BCUT2D eigenvalue weighted by molar-refractivity contribution is 0.745. The van der Waals surface area contributed by atoms with Crippen molar-refractivity contribution in [3.63, 3.8) is 0 Å². The van der Waals surface area contributed by atoms with Crippen LogP contribution in [0.4, 0.5) is 0 Å². The smallest absolute Gasteiger partial charge is 0.186 e. The Labute approximate surface area is 99.6 Å². The average Bonchev–Trinajstić information content (AvgIpc) is 2.71. The van der Waals surface area contributed by atoms with E-state index in [1.165, 1.54) is 0 Å². The lowest BCUT2D eigenvalue weighted by atomic mass is 10.3. The topological polar surface area (TPSA) is 36.4 Å². The second kappa shape index (κ2) is 7.36. The van der Waals surface area contributed by atoms with E-state index in [0.717, 1.165) is 24.3 Å². The van der Waals surface area contributed by atoms with Gasteiger partial charge in [0.15, 0.2) is 5.11 Å². The second-order valence-electron chi connectivity index (χ2n) is 2.99. The maximum atomic E-state index is 5.03. The van der Waals surface area contributed by atoms with Crippen LogP contribution in [-0.2, 0) is 0 Å². The highest BCUT2D eigenvalue weighted by Crippen LogP contribution is 2.03. The highest BCUT2D eigenvalue weighted by atomic mass is 32.1. The van der Waals surface area contributed by atoms with E-state index in [0.29, 0.717) is 5.11 Å². The van der Waals surface area contributed by atoms with Crippen LogP contribution in [-0.4, -0.2) is 17.9 Å². The minimum atomic E-state index is 0.580. The molecule has 0 atom stereocenters. The zero-order valence-electron chi connectivity index (χ0n) is 8.69. The van der Waals surface area contributed by atoms with E-state index in [1.54, 1.807) is 17.6 Å². The number of thiophene rings is 1. The molecule has 0 saturated heterocycles. The molecule has 1 aromatic heterocycles. The summed E-state index contributed by atoms with van der Waals surface area (Å²) in [6, 6.07) is 3.99. The van der Waals surface area contributed by atoms with Crippen LogP contribution < -0.4 is 10.7 Å². The van der Waals surface area contributed by atoms with E-state index >= 15 is 0 Å². The Hall–Kier alpha value is -0.940. The van der Waals surface area contributed by atoms with Gasteiger partial charge in [0.2, 0.25) is 0 Å². The molecule has 0 saturated carbocycles. The third-order valence-electron chi connectivity index (χ3n) is 1.72. The van der Waals surface area contributed by atoms with Crippen LogP contribution in [0.1, 0.15) is 24.6 Å². The molecule has 1 rings (SSSR count). The van der Waals surface area contributed by atoms with Crippen LogP contribution in [0.2, 0.25) is 0 Å². The number of unbranched alkanes of at least 4 members (excludes halogenated alkanes) is 1. The maximum Gasteiger partial charge on any atom is 0.186 e. The molecule has 0 aromatic carbocycles. The molecule has 1 heterocycles. The van der Waals surface area contributed by atoms with E-state index in [2.05, 4.69) is 22.8 Å². The molecule has 82 valence electrons. The highest BCUT2D eigenvalue weighted by molar-refractivity contribution is 7.80. The molecule has 15 heavy (non-hydrogen) atoms. The number of rotatable bonds is 5. The van der Waals surface area contributed by atoms with Gasteiger partial charge in [-0.3, -0.25) is 5.43 Å². The summed E-state index contributed by atoms with van der Waals surface area (Å²) < 4.78 is 0. The van der Waals surface area contributed by atoms with Gasteiger partial charge in [-0.1, -0.05) is 19.4 Å². The Morgan fingerprint density at radius 1 is 1.67 bits per heavy atom. The fraction of sp³-hybridized carbons (Fsp3) is 0.400. The van der Waals surface area contributed by atoms with Crippen LogP contribution >= 0.6 is 23.6 Å². The van der Waals surface area contributed by atoms with Crippen LogP contribution in [0, 0.1) is 0 Å². The molecule has 0 spiro atoms. The van der Waals surface area contributed by atoms with Gasteiger partial charge in [-0.2, -0.15) is 5.10 Å². The first-order valence-corrected chi connectivity index (χ1v) is 6.22. The summed E-state index contributed by atoms with van der Waals surface area (Å²) in [6.45, 7) is 3.05.